The normalized spacial score (nSPS) is 10.7. The minimum atomic E-state index is -0.333. The third-order valence-corrected chi connectivity index (χ3v) is 3.90. The van der Waals surface area contributed by atoms with Gasteiger partial charge in [-0.15, -0.1) is 11.8 Å². The molecular weight excluding hydrogens is 287 g/mol. The third-order valence-electron chi connectivity index (χ3n) is 2.90. The fourth-order valence-electron chi connectivity index (χ4n) is 1.95. The van der Waals surface area contributed by atoms with E-state index in [-0.39, 0.29) is 5.82 Å². The number of nitrogens with zero attached hydrogens (tertiary/aromatic N) is 1. The number of hydrogen-bond acceptors (Lipinski definition) is 4. The molecule has 0 saturated carbocycles. The van der Waals surface area contributed by atoms with Crippen LogP contribution in [0.2, 0.25) is 0 Å². The van der Waals surface area contributed by atoms with Crippen LogP contribution in [0, 0.1) is 5.82 Å². The molecule has 1 aromatic heterocycles. The molecule has 0 aliphatic carbocycles. The lowest BCUT2D eigenvalue weighted by atomic mass is 10.1. The van der Waals surface area contributed by atoms with Gasteiger partial charge in [0.05, 0.1) is 5.75 Å². The summed E-state index contributed by atoms with van der Waals surface area (Å²) in [6.45, 7) is 0. The van der Waals surface area contributed by atoms with Gasteiger partial charge in [-0.05, 0) is 18.2 Å². The molecule has 0 unspecified atom stereocenters. The topological polar surface area (TPSA) is 52.0 Å². The fraction of sp³-hybridized carbons (Fsp3) is 0.0625. The van der Waals surface area contributed by atoms with Crippen LogP contribution in [-0.2, 0) is 5.75 Å². The number of nitrogen functional groups attached to an aromatic ring is 1. The number of anilines is 1. The van der Waals surface area contributed by atoms with Crippen LogP contribution in [0.25, 0.3) is 11.3 Å². The Labute approximate surface area is 126 Å². The van der Waals surface area contributed by atoms with Gasteiger partial charge in [-0.25, -0.2) is 4.39 Å². The van der Waals surface area contributed by atoms with Crippen LogP contribution in [0.1, 0.15) is 5.76 Å². The quantitative estimate of drug-likeness (QED) is 0.574. The maximum Gasteiger partial charge on any atom is 0.147 e. The van der Waals surface area contributed by atoms with E-state index < -0.39 is 0 Å². The number of hydrogen-bond donors (Lipinski definition) is 1. The van der Waals surface area contributed by atoms with Crippen molar-refractivity contribution in [3.63, 3.8) is 0 Å². The SMILES string of the molecule is Nc1cc(F)cc(SCc2cc(-c3ccccc3)no2)c1. The molecule has 0 aliphatic heterocycles. The molecule has 21 heavy (non-hydrogen) atoms. The lowest BCUT2D eigenvalue weighted by Gasteiger charge is -2.01. The predicted molar refractivity (Wildman–Crippen MR) is 82.3 cm³/mol. The summed E-state index contributed by atoms with van der Waals surface area (Å²) in [6, 6.07) is 16.2. The molecule has 0 bridgehead atoms. The molecular formula is C16H13FN2OS. The molecule has 0 spiro atoms. The Bertz CT molecular complexity index is 723. The third kappa shape index (κ3) is 3.44. The highest BCUT2D eigenvalue weighted by Crippen LogP contribution is 2.27. The summed E-state index contributed by atoms with van der Waals surface area (Å²) < 4.78 is 18.6. The van der Waals surface area contributed by atoms with Gasteiger partial charge in [0.15, 0.2) is 0 Å². The van der Waals surface area contributed by atoms with E-state index in [9.17, 15) is 4.39 Å². The van der Waals surface area contributed by atoms with Crippen LogP contribution in [-0.4, -0.2) is 5.16 Å². The zero-order valence-corrected chi connectivity index (χ0v) is 11.9. The van der Waals surface area contributed by atoms with Gasteiger partial charge in [-0.1, -0.05) is 35.5 Å². The van der Waals surface area contributed by atoms with Crippen LogP contribution < -0.4 is 5.73 Å². The molecule has 0 aliphatic rings. The van der Waals surface area contributed by atoms with Gasteiger partial charge in [0.2, 0.25) is 0 Å². The highest BCUT2D eigenvalue weighted by Gasteiger charge is 2.07. The second kappa shape index (κ2) is 6.01. The van der Waals surface area contributed by atoms with Crippen molar-refractivity contribution in [1.82, 2.24) is 5.16 Å². The van der Waals surface area contributed by atoms with Crippen molar-refractivity contribution in [3.05, 3.63) is 66.2 Å². The number of benzene rings is 2. The van der Waals surface area contributed by atoms with Gasteiger partial charge in [0, 0.05) is 22.2 Å². The molecule has 2 N–H and O–H groups in total. The standard InChI is InChI=1S/C16H13FN2OS/c17-12-6-13(18)8-15(7-12)21-10-14-9-16(19-20-14)11-4-2-1-3-5-11/h1-9H,10,18H2. The monoisotopic (exact) mass is 300 g/mol. The molecule has 3 aromatic rings. The number of thioether (sulfide) groups is 1. The smallest absolute Gasteiger partial charge is 0.147 e. The van der Waals surface area contributed by atoms with Crippen LogP contribution in [0.3, 0.4) is 0 Å². The average Bonchev–Trinajstić information content (AvgIpc) is 2.94. The molecule has 106 valence electrons. The Morgan fingerprint density at radius 3 is 2.67 bits per heavy atom. The van der Waals surface area contributed by atoms with Gasteiger partial charge in [-0.3, -0.25) is 0 Å². The summed E-state index contributed by atoms with van der Waals surface area (Å²) in [5.74, 6) is 0.977. The van der Waals surface area contributed by atoms with E-state index in [0.717, 1.165) is 21.9 Å². The molecule has 0 radical (unpaired) electrons. The maximum atomic E-state index is 13.3. The summed E-state index contributed by atoms with van der Waals surface area (Å²) in [4.78, 5) is 0.769. The molecule has 0 atom stereocenters. The molecule has 3 nitrogen and oxygen atoms in total. The molecule has 1 heterocycles. The van der Waals surface area contributed by atoms with Crippen molar-refractivity contribution >= 4 is 17.4 Å². The van der Waals surface area contributed by atoms with Crippen molar-refractivity contribution in [2.75, 3.05) is 5.73 Å². The number of halogens is 1. The van der Waals surface area contributed by atoms with E-state index in [1.165, 1.54) is 23.9 Å². The van der Waals surface area contributed by atoms with Crippen LogP contribution in [0.5, 0.6) is 0 Å². The van der Waals surface area contributed by atoms with Crippen molar-refractivity contribution in [2.24, 2.45) is 0 Å². The van der Waals surface area contributed by atoms with E-state index in [0.29, 0.717) is 11.4 Å². The van der Waals surface area contributed by atoms with Crippen molar-refractivity contribution in [1.29, 1.82) is 0 Å². The van der Waals surface area contributed by atoms with Crippen molar-refractivity contribution in [3.8, 4) is 11.3 Å². The van der Waals surface area contributed by atoms with Crippen LogP contribution in [0.15, 0.2) is 64.0 Å². The van der Waals surface area contributed by atoms with Crippen LogP contribution in [0.4, 0.5) is 10.1 Å². The summed E-state index contributed by atoms with van der Waals surface area (Å²) >= 11 is 1.46. The van der Waals surface area contributed by atoms with Gasteiger partial charge in [-0.2, -0.15) is 0 Å². The molecule has 2 aromatic carbocycles. The Morgan fingerprint density at radius 2 is 1.90 bits per heavy atom. The maximum absolute atomic E-state index is 13.3. The fourth-order valence-corrected chi connectivity index (χ4v) is 2.81. The summed E-state index contributed by atoms with van der Waals surface area (Å²) in [7, 11) is 0. The first kappa shape index (κ1) is 13.7. The molecule has 0 fully saturated rings. The van der Waals surface area contributed by atoms with E-state index in [1.54, 1.807) is 6.07 Å². The minimum absolute atomic E-state index is 0.333. The Hall–Kier alpha value is -2.27. The first-order valence-corrected chi connectivity index (χ1v) is 7.39. The Balaban J connectivity index is 1.70. The number of nitrogens with two attached hydrogens (primary N) is 1. The Morgan fingerprint density at radius 1 is 1.10 bits per heavy atom. The first-order valence-electron chi connectivity index (χ1n) is 6.40. The van der Waals surface area contributed by atoms with Gasteiger partial charge >= 0.3 is 0 Å². The summed E-state index contributed by atoms with van der Waals surface area (Å²) in [5.41, 5.74) is 7.84. The molecule has 0 amide bonds. The number of rotatable bonds is 4. The zero-order chi connectivity index (χ0) is 14.7. The molecule has 5 heteroatoms. The first-order chi connectivity index (χ1) is 10.2. The second-order valence-corrected chi connectivity index (χ2v) is 5.60. The highest BCUT2D eigenvalue weighted by atomic mass is 32.2. The van der Waals surface area contributed by atoms with E-state index in [1.807, 2.05) is 36.4 Å². The second-order valence-electron chi connectivity index (χ2n) is 4.55. The lowest BCUT2D eigenvalue weighted by molar-refractivity contribution is 0.397. The Kier molecular flexibility index (Phi) is 3.92. The zero-order valence-electron chi connectivity index (χ0n) is 11.1. The van der Waals surface area contributed by atoms with Crippen LogP contribution >= 0.6 is 11.8 Å². The summed E-state index contributed by atoms with van der Waals surface area (Å²) in [6.07, 6.45) is 0. The predicted octanol–water partition coefficient (Wildman–Crippen LogP) is 4.36. The van der Waals surface area contributed by atoms with Crippen molar-refractivity contribution in [2.45, 2.75) is 10.6 Å². The van der Waals surface area contributed by atoms with E-state index >= 15 is 0 Å². The summed E-state index contributed by atoms with van der Waals surface area (Å²) in [5, 5.41) is 4.05. The lowest BCUT2D eigenvalue weighted by Crippen LogP contribution is -1.87. The van der Waals surface area contributed by atoms with E-state index in [4.69, 9.17) is 10.3 Å². The van der Waals surface area contributed by atoms with E-state index in [2.05, 4.69) is 5.16 Å². The highest BCUT2D eigenvalue weighted by molar-refractivity contribution is 7.98. The number of aromatic nitrogens is 1. The average molecular weight is 300 g/mol. The largest absolute Gasteiger partial charge is 0.399 e. The molecule has 3 rings (SSSR count). The van der Waals surface area contributed by atoms with Gasteiger partial charge < -0.3 is 10.3 Å². The molecule has 0 saturated heterocycles. The van der Waals surface area contributed by atoms with Crippen molar-refractivity contribution < 1.29 is 8.91 Å². The minimum Gasteiger partial charge on any atom is -0.399 e. The van der Waals surface area contributed by atoms with Gasteiger partial charge in [0.1, 0.15) is 17.3 Å². The van der Waals surface area contributed by atoms with Gasteiger partial charge in [0.25, 0.3) is 0 Å².